The van der Waals surface area contributed by atoms with Gasteiger partial charge in [0.15, 0.2) is 5.96 Å². The average Bonchev–Trinajstić information content (AvgIpc) is 2.90. The Kier molecular flexibility index (Phi) is 9.39. The number of hydrogen-bond donors (Lipinski definition) is 3. The Hall–Kier alpha value is -3.13. The number of aliphatic imine (C=N–C) groups is 1. The second-order valence-corrected chi connectivity index (χ2v) is 10.2. The molecule has 0 aliphatic carbocycles. The van der Waals surface area contributed by atoms with Crippen molar-refractivity contribution in [1.29, 1.82) is 0 Å². The van der Waals surface area contributed by atoms with Gasteiger partial charge in [0.1, 0.15) is 0 Å². The lowest BCUT2D eigenvalue weighted by atomic mass is 10.0. The van der Waals surface area contributed by atoms with Crippen molar-refractivity contribution in [3.05, 3.63) is 82.9 Å². The van der Waals surface area contributed by atoms with E-state index in [0.29, 0.717) is 24.5 Å². The minimum atomic E-state index is -0.592. The molecule has 1 aliphatic heterocycles. The maximum absolute atomic E-state index is 13.4. The van der Waals surface area contributed by atoms with Crippen molar-refractivity contribution < 1.29 is 4.79 Å². The van der Waals surface area contributed by atoms with Gasteiger partial charge in [-0.15, -0.1) is 0 Å². The van der Waals surface area contributed by atoms with Gasteiger partial charge in [-0.3, -0.25) is 14.7 Å². The number of halogens is 1. The monoisotopic (exact) mass is 520 g/mol. The maximum Gasteiger partial charge on any atom is 0.240 e. The number of hydrogen-bond acceptors (Lipinski definition) is 4. The Bertz CT molecular complexity index is 1210. The summed E-state index contributed by atoms with van der Waals surface area (Å²) in [7, 11) is 0. The summed E-state index contributed by atoms with van der Waals surface area (Å²) in [5, 5.41) is 3.20. The number of fused-ring (bicyclic) bond motifs is 1. The normalized spacial score (nSPS) is 17.0. The van der Waals surface area contributed by atoms with E-state index in [0.717, 1.165) is 44.5 Å². The quantitative estimate of drug-likeness (QED) is 0.216. The highest BCUT2D eigenvalue weighted by Gasteiger charge is 2.32. The van der Waals surface area contributed by atoms with E-state index in [1.54, 1.807) is 0 Å². The van der Waals surface area contributed by atoms with Gasteiger partial charge in [0.25, 0.3) is 0 Å². The average molecular weight is 521 g/mol. The van der Waals surface area contributed by atoms with Gasteiger partial charge >= 0.3 is 0 Å². The van der Waals surface area contributed by atoms with Gasteiger partial charge in [0.2, 0.25) is 5.91 Å². The van der Waals surface area contributed by atoms with E-state index in [1.807, 2.05) is 29.2 Å². The Labute approximate surface area is 224 Å². The molecule has 1 heterocycles. The van der Waals surface area contributed by atoms with Gasteiger partial charge < -0.3 is 22.1 Å². The largest absolute Gasteiger partial charge is 0.370 e. The molecule has 1 aliphatic rings. The molecule has 2 atom stereocenters. The topological polar surface area (TPSA) is 114 Å². The number of amides is 1. The highest BCUT2D eigenvalue weighted by atomic mass is 35.5. The molecule has 0 aromatic heterocycles. The second kappa shape index (κ2) is 12.9. The van der Waals surface area contributed by atoms with Crippen LogP contribution in [0.25, 0.3) is 10.8 Å². The van der Waals surface area contributed by atoms with Crippen LogP contribution in [0, 0.1) is 0 Å². The van der Waals surface area contributed by atoms with Crippen LogP contribution in [-0.4, -0.2) is 66.5 Å². The standard InChI is InChI=1S/C29H37ClN6O/c30-25-11-8-21(9-12-25)19-27(31)28(37)36-17-16-35(20-26(36)6-3-14-34-29(32)33)15-13-22-7-10-23-4-1-2-5-24(23)18-22/h1-2,4-5,7-12,18,26-27H,3,6,13-17,19-20,31H2,(H4,32,33,34)/t26?,27-/m1/s1. The number of piperazine rings is 1. The molecule has 0 radical (unpaired) electrons. The van der Waals surface area contributed by atoms with E-state index in [1.165, 1.54) is 16.3 Å². The van der Waals surface area contributed by atoms with Crippen molar-refractivity contribution in [1.82, 2.24) is 9.80 Å². The van der Waals surface area contributed by atoms with Crippen molar-refractivity contribution in [2.24, 2.45) is 22.2 Å². The van der Waals surface area contributed by atoms with Gasteiger partial charge in [-0.2, -0.15) is 0 Å². The zero-order valence-electron chi connectivity index (χ0n) is 21.2. The van der Waals surface area contributed by atoms with Crippen molar-refractivity contribution in [2.45, 2.75) is 37.8 Å². The molecule has 1 fully saturated rings. The van der Waals surface area contributed by atoms with Crippen molar-refractivity contribution in [3.63, 3.8) is 0 Å². The summed E-state index contributed by atoms with van der Waals surface area (Å²) in [5.74, 6) is 0.0922. The van der Waals surface area contributed by atoms with E-state index >= 15 is 0 Å². The highest BCUT2D eigenvalue weighted by molar-refractivity contribution is 6.30. The number of carbonyl (C=O) groups excluding carboxylic acids is 1. The molecule has 4 rings (SSSR count). The molecule has 3 aromatic rings. The Morgan fingerprint density at radius 2 is 1.73 bits per heavy atom. The van der Waals surface area contributed by atoms with Gasteiger partial charge in [0, 0.05) is 43.8 Å². The first kappa shape index (κ1) is 26.9. The zero-order chi connectivity index (χ0) is 26.2. The fourth-order valence-electron chi connectivity index (χ4n) is 5.05. The molecule has 196 valence electrons. The summed E-state index contributed by atoms with van der Waals surface area (Å²) < 4.78 is 0. The molecular formula is C29H37ClN6O. The zero-order valence-corrected chi connectivity index (χ0v) is 22.0. The number of guanidine groups is 1. The first-order valence-corrected chi connectivity index (χ1v) is 13.3. The maximum atomic E-state index is 13.4. The molecule has 0 bridgehead atoms. The van der Waals surface area contributed by atoms with E-state index in [9.17, 15) is 4.79 Å². The number of nitrogens with two attached hydrogens (primary N) is 3. The molecule has 3 aromatic carbocycles. The van der Waals surface area contributed by atoms with Crippen molar-refractivity contribution in [3.8, 4) is 0 Å². The lowest BCUT2D eigenvalue weighted by Gasteiger charge is -2.42. The highest BCUT2D eigenvalue weighted by Crippen LogP contribution is 2.20. The minimum absolute atomic E-state index is 0.00373. The number of rotatable bonds is 10. The summed E-state index contributed by atoms with van der Waals surface area (Å²) in [6.45, 7) is 3.81. The van der Waals surface area contributed by atoms with Crippen LogP contribution in [0.2, 0.25) is 5.02 Å². The smallest absolute Gasteiger partial charge is 0.240 e. The number of benzene rings is 3. The summed E-state index contributed by atoms with van der Waals surface area (Å²) in [4.78, 5) is 22.0. The second-order valence-electron chi connectivity index (χ2n) is 9.80. The van der Waals surface area contributed by atoms with E-state index in [4.69, 9.17) is 28.8 Å². The number of carbonyl (C=O) groups is 1. The third-order valence-electron chi connectivity index (χ3n) is 7.06. The number of nitrogens with zero attached hydrogens (tertiary/aromatic N) is 3. The first-order valence-electron chi connectivity index (χ1n) is 12.9. The summed E-state index contributed by atoms with van der Waals surface area (Å²) in [6, 6.07) is 22.1. The van der Waals surface area contributed by atoms with Gasteiger partial charge in [0.05, 0.1) is 6.04 Å². The third-order valence-corrected chi connectivity index (χ3v) is 7.31. The van der Waals surface area contributed by atoms with Gasteiger partial charge in [-0.05, 0) is 59.7 Å². The van der Waals surface area contributed by atoms with Crippen LogP contribution in [0.4, 0.5) is 0 Å². The minimum Gasteiger partial charge on any atom is -0.370 e. The molecule has 8 heteroatoms. The van der Waals surface area contributed by atoms with Crippen LogP contribution < -0.4 is 17.2 Å². The molecule has 6 N–H and O–H groups in total. The van der Waals surface area contributed by atoms with E-state index in [2.05, 4.69) is 52.4 Å². The summed E-state index contributed by atoms with van der Waals surface area (Å²) in [6.07, 6.45) is 3.08. The Balaban J connectivity index is 1.38. The summed E-state index contributed by atoms with van der Waals surface area (Å²) in [5.41, 5.74) is 19.7. The molecule has 37 heavy (non-hydrogen) atoms. The van der Waals surface area contributed by atoms with Gasteiger partial charge in [-0.25, -0.2) is 0 Å². The SMILES string of the molecule is NC(N)=NCCCC1CN(CCc2ccc3ccccc3c2)CCN1C(=O)[C@H](N)Cc1ccc(Cl)cc1. The molecule has 1 saturated heterocycles. The summed E-state index contributed by atoms with van der Waals surface area (Å²) >= 11 is 6.00. The third kappa shape index (κ3) is 7.68. The fourth-order valence-corrected chi connectivity index (χ4v) is 5.18. The van der Waals surface area contributed by atoms with Crippen LogP contribution in [-0.2, 0) is 17.6 Å². The fraction of sp³-hybridized carbons (Fsp3) is 0.379. The predicted octanol–water partition coefficient (Wildman–Crippen LogP) is 3.17. The van der Waals surface area contributed by atoms with Gasteiger partial charge in [-0.1, -0.05) is 66.2 Å². The van der Waals surface area contributed by atoms with Crippen LogP contribution in [0.1, 0.15) is 24.0 Å². The Morgan fingerprint density at radius 1 is 1.00 bits per heavy atom. The molecule has 1 amide bonds. The molecule has 0 saturated carbocycles. The van der Waals surface area contributed by atoms with Crippen LogP contribution in [0.3, 0.4) is 0 Å². The van der Waals surface area contributed by atoms with Crippen LogP contribution in [0.5, 0.6) is 0 Å². The lowest BCUT2D eigenvalue weighted by molar-refractivity contribution is -0.137. The predicted molar refractivity (Wildman–Crippen MR) is 153 cm³/mol. The molecular weight excluding hydrogens is 484 g/mol. The lowest BCUT2D eigenvalue weighted by Crippen LogP contribution is -2.59. The molecule has 0 spiro atoms. The van der Waals surface area contributed by atoms with E-state index < -0.39 is 6.04 Å². The van der Waals surface area contributed by atoms with Crippen molar-refractivity contribution in [2.75, 3.05) is 32.7 Å². The molecule has 7 nitrogen and oxygen atoms in total. The first-order chi connectivity index (χ1) is 17.9. The van der Waals surface area contributed by atoms with Crippen LogP contribution in [0.15, 0.2) is 71.7 Å². The van der Waals surface area contributed by atoms with Crippen molar-refractivity contribution >= 4 is 34.2 Å². The van der Waals surface area contributed by atoms with Crippen LogP contribution >= 0.6 is 11.6 Å². The Morgan fingerprint density at radius 3 is 2.49 bits per heavy atom. The van der Waals surface area contributed by atoms with E-state index in [-0.39, 0.29) is 17.9 Å². The molecule has 1 unspecified atom stereocenters.